The molecule has 1 heterocycles. The van der Waals surface area contributed by atoms with Crippen molar-refractivity contribution >= 4 is 35.0 Å². The predicted octanol–water partition coefficient (Wildman–Crippen LogP) is 2.91. The molecule has 11 heteroatoms. The van der Waals surface area contributed by atoms with E-state index in [1.807, 2.05) is 0 Å². The van der Waals surface area contributed by atoms with Gasteiger partial charge in [-0.05, 0) is 24.3 Å². The zero-order chi connectivity index (χ0) is 21.7. The van der Waals surface area contributed by atoms with Gasteiger partial charge in [-0.3, -0.25) is 14.9 Å². The van der Waals surface area contributed by atoms with Crippen molar-refractivity contribution in [3.05, 3.63) is 64.2 Å². The van der Waals surface area contributed by atoms with Gasteiger partial charge in [-0.15, -0.1) is 10.2 Å². The minimum absolute atomic E-state index is 0.0395. The molecule has 154 valence electrons. The van der Waals surface area contributed by atoms with Gasteiger partial charge in [-0.2, -0.15) is 0 Å². The summed E-state index contributed by atoms with van der Waals surface area (Å²) in [5.41, 5.74) is 1.45. The fourth-order valence-corrected chi connectivity index (χ4v) is 3.30. The van der Waals surface area contributed by atoms with Crippen LogP contribution in [0.15, 0.2) is 53.7 Å². The van der Waals surface area contributed by atoms with Crippen molar-refractivity contribution in [3.8, 4) is 11.4 Å². The molecule has 3 rings (SSSR count). The predicted molar refractivity (Wildman–Crippen MR) is 110 cm³/mol. The molecule has 0 aliphatic carbocycles. The molecule has 1 N–H and O–H groups in total. The topological polar surface area (TPSA) is 129 Å². The number of nitrogens with one attached hydrogen (secondary N) is 1. The van der Waals surface area contributed by atoms with Crippen LogP contribution in [0.4, 0.5) is 11.4 Å². The number of benzene rings is 2. The molecule has 0 unspecified atom stereocenters. The molecular formula is C19H17N5O5S. The number of methoxy groups -OCH3 is 1. The van der Waals surface area contributed by atoms with E-state index in [-0.39, 0.29) is 17.3 Å². The van der Waals surface area contributed by atoms with Crippen molar-refractivity contribution in [2.45, 2.75) is 5.16 Å². The first-order chi connectivity index (χ1) is 14.4. The number of esters is 1. The lowest BCUT2D eigenvalue weighted by atomic mass is 10.2. The Kier molecular flexibility index (Phi) is 6.42. The number of hydrogen-bond donors (Lipinski definition) is 1. The average Bonchev–Trinajstić information content (AvgIpc) is 3.12. The van der Waals surface area contributed by atoms with Crippen LogP contribution in [0.5, 0.6) is 0 Å². The molecule has 0 atom stereocenters. The number of carbonyl (C=O) groups is 2. The highest BCUT2D eigenvalue weighted by Gasteiger charge is 2.15. The van der Waals surface area contributed by atoms with Gasteiger partial charge in [0, 0.05) is 30.4 Å². The maximum Gasteiger partial charge on any atom is 0.337 e. The molecule has 0 aliphatic heterocycles. The number of nitro benzene ring substituents is 1. The Morgan fingerprint density at radius 3 is 2.60 bits per heavy atom. The lowest BCUT2D eigenvalue weighted by Crippen LogP contribution is -2.14. The van der Waals surface area contributed by atoms with E-state index in [9.17, 15) is 19.7 Å². The molecule has 0 fully saturated rings. The minimum atomic E-state index is -0.475. The van der Waals surface area contributed by atoms with Gasteiger partial charge in [0.15, 0.2) is 11.0 Å². The van der Waals surface area contributed by atoms with Crippen LogP contribution >= 0.6 is 11.8 Å². The third-order valence-corrected chi connectivity index (χ3v) is 5.09. The summed E-state index contributed by atoms with van der Waals surface area (Å²) in [5, 5.41) is 22.3. The number of rotatable bonds is 7. The molecule has 10 nitrogen and oxygen atoms in total. The Bertz CT molecular complexity index is 1100. The molecule has 30 heavy (non-hydrogen) atoms. The Labute approximate surface area is 175 Å². The summed E-state index contributed by atoms with van der Waals surface area (Å²) in [6.45, 7) is 0. The van der Waals surface area contributed by atoms with Crippen molar-refractivity contribution in [3.63, 3.8) is 0 Å². The summed E-state index contributed by atoms with van der Waals surface area (Å²) in [6.07, 6.45) is 0. The van der Waals surface area contributed by atoms with Crippen LogP contribution in [0.2, 0.25) is 0 Å². The summed E-state index contributed by atoms with van der Waals surface area (Å²) in [4.78, 5) is 34.1. The molecule has 0 saturated heterocycles. The Hall–Kier alpha value is -3.73. The summed E-state index contributed by atoms with van der Waals surface area (Å²) < 4.78 is 6.30. The first-order valence-electron chi connectivity index (χ1n) is 8.64. The summed E-state index contributed by atoms with van der Waals surface area (Å²) in [6, 6.07) is 12.4. The third kappa shape index (κ3) is 4.81. The minimum Gasteiger partial charge on any atom is -0.465 e. The maximum absolute atomic E-state index is 12.2. The van der Waals surface area contributed by atoms with E-state index in [1.165, 1.54) is 31.0 Å². The summed E-state index contributed by atoms with van der Waals surface area (Å²) in [5.74, 6) is -0.171. The second-order valence-corrected chi connectivity index (χ2v) is 7.02. The van der Waals surface area contributed by atoms with Crippen LogP contribution in [0.25, 0.3) is 11.4 Å². The molecule has 0 aliphatic rings. The number of amides is 1. The fourth-order valence-electron chi connectivity index (χ4n) is 2.59. The second-order valence-electron chi connectivity index (χ2n) is 6.08. The molecule has 0 saturated carbocycles. The monoisotopic (exact) mass is 427 g/mol. The van der Waals surface area contributed by atoms with Gasteiger partial charge in [0.05, 0.1) is 23.3 Å². The molecular weight excluding hydrogens is 410 g/mol. The van der Waals surface area contributed by atoms with E-state index in [0.29, 0.717) is 27.8 Å². The Morgan fingerprint density at radius 2 is 1.93 bits per heavy atom. The zero-order valence-corrected chi connectivity index (χ0v) is 16.9. The number of thioether (sulfide) groups is 1. The van der Waals surface area contributed by atoms with Crippen molar-refractivity contribution in [1.29, 1.82) is 0 Å². The number of non-ortho nitro benzene ring substituents is 1. The highest BCUT2D eigenvalue weighted by Crippen LogP contribution is 2.25. The highest BCUT2D eigenvalue weighted by molar-refractivity contribution is 7.99. The quantitative estimate of drug-likeness (QED) is 0.264. The molecule has 0 bridgehead atoms. The van der Waals surface area contributed by atoms with E-state index in [2.05, 4.69) is 20.3 Å². The van der Waals surface area contributed by atoms with E-state index in [4.69, 9.17) is 0 Å². The van der Waals surface area contributed by atoms with Gasteiger partial charge in [0.2, 0.25) is 5.91 Å². The highest BCUT2D eigenvalue weighted by atomic mass is 32.2. The number of anilines is 1. The lowest BCUT2D eigenvalue weighted by molar-refractivity contribution is -0.384. The van der Waals surface area contributed by atoms with E-state index in [0.717, 1.165) is 0 Å². The van der Waals surface area contributed by atoms with Crippen LogP contribution in [0.3, 0.4) is 0 Å². The van der Waals surface area contributed by atoms with Crippen LogP contribution in [-0.4, -0.2) is 44.4 Å². The van der Waals surface area contributed by atoms with Crippen LogP contribution in [-0.2, 0) is 16.6 Å². The Balaban J connectivity index is 1.62. The summed E-state index contributed by atoms with van der Waals surface area (Å²) >= 11 is 1.18. The van der Waals surface area contributed by atoms with Gasteiger partial charge < -0.3 is 14.6 Å². The second kappa shape index (κ2) is 9.18. The molecule has 1 amide bonds. The van der Waals surface area contributed by atoms with Crippen LogP contribution in [0, 0.1) is 10.1 Å². The smallest absolute Gasteiger partial charge is 0.337 e. The third-order valence-electron chi connectivity index (χ3n) is 4.07. The van der Waals surface area contributed by atoms with E-state index < -0.39 is 10.9 Å². The van der Waals surface area contributed by atoms with E-state index >= 15 is 0 Å². The zero-order valence-electron chi connectivity index (χ0n) is 16.1. The SMILES string of the molecule is COC(=O)c1ccc(NC(=O)CSc2nnc(-c3cccc([N+](=O)[O-])c3)n2C)cc1. The van der Waals surface area contributed by atoms with Gasteiger partial charge in [-0.1, -0.05) is 23.9 Å². The fraction of sp³-hybridized carbons (Fsp3) is 0.158. The van der Waals surface area contributed by atoms with Gasteiger partial charge in [-0.25, -0.2) is 4.79 Å². The number of nitro groups is 1. The van der Waals surface area contributed by atoms with Crippen molar-refractivity contribution in [2.75, 3.05) is 18.2 Å². The molecule has 3 aromatic rings. The van der Waals surface area contributed by atoms with Gasteiger partial charge >= 0.3 is 5.97 Å². The number of aromatic nitrogens is 3. The molecule has 2 aromatic carbocycles. The molecule has 0 spiro atoms. The first-order valence-corrected chi connectivity index (χ1v) is 9.63. The van der Waals surface area contributed by atoms with Crippen LogP contribution in [0.1, 0.15) is 10.4 Å². The Morgan fingerprint density at radius 1 is 1.20 bits per heavy atom. The van der Waals surface area contributed by atoms with E-state index in [1.54, 1.807) is 48.0 Å². The average molecular weight is 427 g/mol. The lowest BCUT2D eigenvalue weighted by Gasteiger charge is -2.06. The first kappa shape index (κ1) is 21.0. The molecule has 0 radical (unpaired) electrons. The number of nitrogens with zero attached hydrogens (tertiary/aromatic N) is 4. The van der Waals surface area contributed by atoms with Crippen molar-refractivity contribution < 1.29 is 19.2 Å². The standard InChI is InChI=1S/C19H17N5O5S/c1-23-17(13-4-3-5-15(10-13)24(27)28)21-22-19(23)30-11-16(25)20-14-8-6-12(7-9-14)18(26)29-2/h3-10H,11H2,1-2H3,(H,20,25). The number of ether oxygens (including phenoxy) is 1. The molecule has 1 aromatic heterocycles. The van der Waals surface area contributed by atoms with Crippen molar-refractivity contribution in [2.24, 2.45) is 7.05 Å². The number of hydrogen-bond acceptors (Lipinski definition) is 8. The van der Waals surface area contributed by atoms with Crippen LogP contribution < -0.4 is 5.32 Å². The number of carbonyl (C=O) groups excluding carboxylic acids is 2. The van der Waals surface area contributed by atoms with Gasteiger partial charge in [0.25, 0.3) is 5.69 Å². The maximum atomic E-state index is 12.2. The van der Waals surface area contributed by atoms with Crippen molar-refractivity contribution in [1.82, 2.24) is 14.8 Å². The summed E-state index contributed by atoms with van der Waals surface area (Å²) in [7, 11) is 3.02. The van der Waals surface area contributed by atoms with Gasteiger partial charge in [0.1, 0.15) is 0 Å². The largest absolute Gasteiger partial charge is 0.465 e. The normalized spacial score (nSPS) is 10.5.